The highest BCUT2D eigenvalue weighted by Crippen LogP contribution is 2.29. The highest BCUT2D eigenvalue weighted by Gasteiger charge is 2.28. The zero-order valence-electron chi connectivity index (χ0n) is 17.2. The van der Waals surface area contributed by atoms with E-state index in [1.54, 1.807) is 0 Å². The van der Waals surface area contributed by atoms with Gasteiger partial charge in [-0.1, -0.05) is 44.4 Å². The molecule has 152 valence electrons. The van der Waals surface area contributed by atoms with Crippen LogP contribution in [0.1, 0.15) is 50.1 Å². The molecule has 0 unspecified atom stereocenters. The number of amides is 1. The van der Waals surface area contributed by atoms with Gasteiger partial charge in [-0.05, 0) is 44.2 Å². The van der Waals surface area contributed by atoms with Crippen LogP contribution < -0.4 is 5.32 Å². The van der Waals surface area contributed by atoms with Crippen molar-refractivity contribution in [1.29, 1.82) is 0 Å². The van der Waals surface area contributed by atoms with Gasteiger partial charge in [0.15, 0.2) is 0 Å². The standard InChI is InChI=1S/C22H30N2O3S/c1-14-8-10-18(11-9-14)22-24-20(17(4)27-22)12-28(26)13-21(25)23-19-7-5-6-15(2)16(19)3/h8-11,15-16,19H,5-7,12-13H2,1-4H3,(H,23,25)/t15-,16-,19-,28+/m1/s1. The van der Waals surface area contributed by atoms with E-state index < -0.39 is 10.8 Å². The van der Waals surface area contributed by atoms with Crippen LogP contribution in [0.2, 0.25) is 0 Å². The van der Waals surface area contributed by atoms with Crippen LogP contribution in [0.25, 0.3) is 11.5 Å². The van der Waals surface area contributed by atoms with Crippen LogP contribution >= 0.6 is 0 Å². The van der Waals surface area contributed by atoms with E-state index in [-0.39, 0.29) is 23.5 Å². The van der Waals surface area contributed by atoms with Crippen molar-refractivity contribution in [1.82, 2.24) is 10.3 Å². The number of nitrogens with zero attached hydrogens (tertiary/aromatic N) is 1. The van der Waals surface area contributed by atoms with Gasteiger partial charge in [0.05, 0.1) is 11.4 Å². The summed E-state index contributed by atoms with van der Waals surface area (Å²) >= 11 is 0. The van der Waals surface area contributed by atoms with E-state index in [9.17, 15) is 9.00 Å². The maximum absolute atomic E-state index is 12.5. The molecule has 5 nitrogen and oxygen atoms in total. The average molecular weight is 403 g/mol. The monoisotopic (exact) mass is 402 g/mol. The van der Waals surface area contributed by atoms with Crippen LogP contribution in [0.3, 0.4) is 0 Å². The minimum absolute atomic E-state index is 0.00374. The lowest BCUT2D eigenvalue weighted by molar-refractivity contribution is -0.120. The van der Waals surface area contributed by atoms with E-state index >= 15 is 0 Å². The van der Waals surface area contributed by atoms with Gasteiger partial charge in [0.2, 0.25) is 11.8 Å². The number of aromatic nitrogens is 1. The molecule has 0 bridgehead atoms. The van der Waals surface area contributed by atoms with Crippen molar-refractivity contribution in [2.24, 2.45) is 11.8 Å². The van der Waals surface area contributed by atoms with Gasteiger partial charge in [-0.15, -0.1) is 0 Å². The summed E-state index contributed by atoms with van der Waals surface area (Å²) in [6.45, 7) is 8.28. The smallest absolute Gasteiger partial charge is 0.232 e. The Kier molecular flexibility index (Phi) is 6.70. The fourth-order valence-corrected chi connectivity index (χ4v) is 4.82. The summed E-state index contributed by atoms with van der Waals surface area (Å²) in [4.78, 5) is 16.9. The van der Waals surface area contributed by atoms with Crippen molar-refractivity contribution in [2.75, 3.05) is 5.75 Å². The van der Waals surface area contributed by atoms with Crippen molar-refractivity contribution in [3.05, 3.63) is 41.3 Å². The molecule has 3 rings (SSSR count). The first kappa shape index (κ1) is 20.8. The Morgan fingerprint density at radius 2 is 1.93 bits per heavy atom. The number of carbonyl (C=O) groups is 1. The van der Waals surface area contributed by atoms with Gasteiger partial charge in [-0.25, -0.2) is 4.98 Å². The number of aryl methyl sites for hydroxylation is 2. The fourth-order valence-electron chi connectivity index (χ4n) is 3.77. The van der Waals surface area contributed by atoms with Crippen LogP contribution in [-0.4, -0.2) is 26.9 Å². The Morgan fingerprint density at radius 1 is 1.21 bits per heavy atom. The van der Waals surface area contributed by atoms with E-state index in [0.717, 1.165) is 18.4 Å². The predicted molar refractivity (Wildman–Crippen MR) is 112 cm³/mol. The summed E-state index contributed by atoms with van der Waals surface area (Å²) in [5.74, 6) is 2.35. The minimum atomic E-state index is -1.32. The summed E-state index contributed by atoms with van der Waals surface area (Å²) in [5.41, 5.74) is 2.71. The number of oxazole rings is 1. The minimum Gasteiger partial charge on any atom is -0.441 e. The Bertz CT molecular complexity index is 844. The van der Waals surface area contributed by atoms with Gasteiger partial charge in [0.25, 0.3) is 0 Å². The molecule has 1 aromatic heterocycles. The molecule has 1 aliphatic carbocycles. The molecule has 0 radical (unpaired) electrons. The largest absolute Gasteiger partial charge is 0.441 e. The maximum Gasteiger partial charge on any atom is 0.232 e. The lowest BCUT2D eigenvalue weighted by Crippen LogP contribution is -2.45. The van der Waals surface area contributed by atoms with Gasteiger partial charge in [-0.3, -0.25) is 9.00 Å². The van der Waals surface area contributed by atoms with E-state index in [0.29, 0.717) is 29.2 Å². The van der Waals surface area contributed by atoms with Crippen LogP contribution in [0.5, 0.6) is 0 Å². The van der Waals surface area contributed by atoms with Crippen molar-refractivity contribution >= 4 is 16.7 Å². The second kappa shape index (κ2) is 9.03. The fraction of sp³-hybridized carbons (Fsp3) is 0.545. The van der Waals surface area contributed by atoms with Gasteiger partial charge >= 0.3 is 0 Å². The summed E-state index contributed by atoms with van der Waals surface area (Å²) in [6.07, 6.45) is 3.36. The molecule has 2 aromatic rings. The van der Waals surface area contributed by atoms with Crippen LogP contribution in [0, 0.1) is 25.7 Å². The summed E-state index contributed by atoms with van der Waals surface area (Å²) in [6, 6.07) is 8.12. The number of rotatable bonds is 6. The van der Waals surface area contributed by atoms with Crippen LogP contribution in [-0.2, 0) is 21.3 Å². The molecule has 1 fully saturated rings. The van der Waals surface area contributed by atoms with E-state index in [1.165, 1.54) is 12.0 Å². The molecule has 1 saturated carbocycles. The lowest BCUT2D eigenvalue weighted by Gasteiger charge is -2.34. The quantitative estimate of drug-likeness (QED) is 0.788. The molecule has 0 saturated heterocycles. The number of carbonyl (C=O) groups excluding carboxylic acids is 1. The van der Waals surface area contributed by atoms with E-state index in [1.807, 2.05) is 38.1 Å². The maximum atomic E-state index is 12.5. The number of hydrogen-bond acceptors (Lipinski definition) is 4. The highest BCUT2D eigenvalue weighted by atomic mass is 32.2. The topological polar surface area (TPSA) is 72.2 Å². The normalized spacial score (nSPS) is 23.4. The number of nitrogens with one attached hydrogen (secondary N) is 1. The SMILES string of the molecule is Cc1ccc(-c2nc(C[S@](=O)CC(=O)N[C@@H]3CCC[C@@H](C)[C@H]3C)c(C)o2)cc1. The van der Waals surface area contributed by atoms with Crippen molar-refractivity contribution < 1.29 is 13.4 Å². The third-order valence-corrected chi connectivity index (χ3v) is 7.01. The summed E-state index contributed by atoms with van der Waals surface area (Å²) < 4.78 is 18.3. The van der Waals surface area contributed by atoms with Gasteiger partial charge in [-0.2, -0.15) is 0 Å². The Labute approximate surface area is 169 Å². The first-order valence-electron chi connectivity index (χ1n) is 10.0. The molecular weight excluding hydrogens is 372 g/mol. The second-order valence-corrected chi connectivity index (χ2v) is 9.51. The predicted octanol–water partition coefficient (Wildman–Crippen LogP) is 4.15. The molecule has 1 aliphatic rings. The number of benzene rings is 1. The van der Waals surface area contributed by atoms with Crippen LogP contribution in [0.4, 0.5) is 0 Å². The molecule has 0 spiro atoms. The molecule has 1 N–H and O–H groups in total. The van der Waals surface area contributed by atoms with Crippen LogP contribution in [0.15, 0.2) is 28.7 Å². The van der Waals surface area contributed by atoms with E-state index in [2.05, 4.69) is 24.1 Å². The first-order valence-corrected chi connectivity index (χ1v) is 11.5. The van der Waals surface area contributed by atoms with Crippen molar-refractivity contribution in [3.8, 4) is 11.5 Å². The average Bonchev–Trinajstić information content (AvgIpc) is 3.00. The molecule has 0 aliphatic heterocycles. The third kappa shape index (κ3) is 5.10. The zero-order chi connectivity index (χ0) is 20.3. The second-order valence-electron chi connectivity index (χ2n) is 8.06. The third-order valence-electron chi connectivity index (χ3n) is 5.83. The highest BCUT2D eigenvalue weighted by molar-refractivity contribution is 7.84. The first-order chi connectivity index (χ1) is 13.3. The Hall–Kier alpha value is -1.95. The van der Waals surface area contributed by atoms with Gasteiger partial charge < -0.3 is 9.73 Å². The van der Waals surface area contributed by atoms with E-state index in [4.69, 9.17) is 4.42 Å². The molecule has 1 amide bonds. The lowest BCUT2D eigenvalue weighted by atomic mass is 9.78. The van der Waals surface area contributed by atoms with Crippen molar-refractivity contribution in [3.63, 3.8) is 0 Å². The molecule has 1 heterocycles. The molecular formula is C22H30N2O3S. The molecule has 28 heavy (non-hydrogen) atoms. The van der Waals surface area contributed by atoms with Gasteiger partial charge in [0, 0.05) is 22.4 Å². The van der Waals surface area contributed by atoms with Crippen molar-refractivity contribution in [2.45, 2.75) is 58.8 Å². The zero-order valence-corrected chi connectivity index (χ0v) is 18.0. The summed E-state index contributed by atoms with van der Waals surface area (Å²) in [5, 5.41) is 3.09. The molecule has 1 aromatic carbocycles. The molecule has 4 atom stereocenters. The molecule has 6 heteroatoms. The summed E-state index contributed by atoms with van der Waals surface area (Å²) in [7, 11) is -1.32. The van der Waals surface area contributed by atoms with Gasteiger partial charge in [0.1, 0.15) is 11.5 Å². The Morgan fingerprint density at radius 3 is 2.64 bits per heavy atom. The number of hydrogen-bond donors (Lipinski definition) is 1. The Balaban J connectivity index is 1.57.